The average Bonchev–Trinajstić information content (AvgIpc) is 3.34. The smallest absolute Gasteiger partial charge is 0.273 e. The zero-order valence-corrected chi connectivity index (χ0v) is 19.8. The van der Waals surface area contributed by atoms with Crippen LogP contribution in [0.5, 0.6) is 0 Å². The molecule has 0 aliphatic carbocycles. The third-order valence-corrected chi connectivity index (χ3v) is 6.79. The third kappa shape index (κ3) is 5.17. The van der Waals surface area contributed by atoms with Gasteiger partial charge in [-0.3, -0.25) is 9.59 Å². The molecule has 0 unspecified atom stereocenters. The van der Waals surface area contributed by atoms with E-state index in [0.717, 1.165) is 38.0 Å². The van der Waals surface area contributed by atoms with Gasteiger partial charge in [-0.2, -0.15) is 4.98 Å². The molecule has 3 heterocycles. The molecule has 1 aromatic carbocycles. The summed E-state index contributed by atoms with van der Waals surface area (Å²) in [6.07, 6.45) is 4.40. The molecule has 34 heavy (non-hydrogen) atoms. The number of hydrogen-bond acceptors (Lipinski definition) is 8. The van der Waals surface area contributed by atoms with Crippen LogP contribution in [0.4, 0.5) is 17.5 Å². The number of likely N-dealkylation sites (N-methyl/N-ethyl adjacent to an activating group) is 1. The fraction of sp³-hybridized carbons (Fsp3) is 0.458. The molecule has 3 N–H and O–H groups in total. The van der Waals surface area contributed by atoms with E-state index in [4.69, 9.17) is 5.73 Å². The molecule has 2 aliphatic heterocycles. The highest BCUT2D eigenvalue weighted by atomic mass is 16.2. The molecule has 10 heteroatoms. The van der Waals surface area contributed by atoms with E-state index >= 15 is 0 Å². The summed E-state index contributed by atoms with van der Waals surface area (Å²) < 4.78 is 0. The maximum atomic E-state index is 12.0. The van der Waals surface area contributed by atoms with E-state index in [-0.39, 0.29) is 23.5 Å². The highest BCUT2D eigenvalue weighted by molar-refractivity contribution is 5.96. The van der Waals surface area contributed by atoms with E-state index in [1.807, 2.05) is 24.1 Å². The molecule has 0 radical (unpaired) electrons. The second-order valence-electron chi connectivity index (χ2n) is 9.04. The van der Waals surface area contributed by atoms with Crippen molar-refractivity contribution in [1.82, 2.24) is 25.0 Å². The Bertz CT molecular complexity index is 1050. The second-order valence-corrected chi connectivity index (χ2v) is 9.04. The number of primary amides is 1. The van der Waals surface area contributed by atoms with Crippen LogP contribution in [0, 0.1) is 0 Å². The first kappa shape index (κ1) is 23.6. The molecular weight excluding hydrogens is 432 g/mol. The van der Waals surface area contributed by atoms with Gasteiger partial charge in [0.15, 0.2) is 11.5 Å². The lowest BCUT2D eigenvalue weighted by Gasteiger charge is -2.29. The molecule has 1 atom stereocenters. The lowest BCUT2D eigenvalue weighted by Crippen LogP contribution is -2.37. The normalized spacial score (nSPS) is 19.1. The fourth-order valence-corrected chi connectivity index (χ4v) is 4.59. The summed E-state index contributed by atoms with van der Waals surface area (Å²) in [4.78, 5) is 34.4. The zero-order valence-electron chi connectivity index (χ0n) is 19.8. The summed E-state index contributed by atoms with van der Waals surface area (Å²) in [5.74, 6) is 0.376. The van der Waals surface area contributed by atoms with Crippen molar-refractivity contribution in [1.29, 1.82) is 0 Å². The number of carbonyl (C=O) groups excluding carboxylic acids is 2. The van der Waals surface area contributed by atoms with E-state index < -0.39 is 5.91 Å². The lowest BCUT2D eigenvalue weighted by molar-refractivity contribution is -0.125. The van der Waals surface area contributed by atoms with Gasteiger partial charge in [0.25, 0.3) is 5.91 Å². The SMILES string of the molecule is C=CC(=O)N1CC[C@@H](N(C)c2nnc(C(N)=O)c(Nc3ccc(C4CCN(C)CC4)cc3)n2)C1. The number of benzene rings is 1. The van der Waals surface area contributed by atoms with Crippen molar-refractivity contribution in [3.63, 3.8) is 0 Å². The van der Waals surface area contributed by atoms with Crippen LogP contribution in [0.15, 0.2) is 36.9 Å². The number of nitrogens with one attached hydrogen (secondary N) is 1. The van der Waals surface area contributed by atoms with Gasteiger partial charge in [-0.15, -0.1) is 10.2 Å². The van der Waals surface area contributed by atoms with Crippen molar-refractivity contribution in [2.75, 3.05) is 50.5 Å². The molecule has 10 nitrogen and oxygen atoms in total. The molecule has 180 valence electrons. The van der Waals surface area contributed by atoms with Crippen molar-refractivity contribution >= 4 is 29.3 Å². The number of rotatable bonds is 7. The van der Waals surface area contributed by atoms with Crippen LogP contribution < -0.4 is 16.0 Å². The largest absolute Gasteiger partial charge is 0.364 e. The number of anilines is 3. The van der Waals surface area contributed by atoms with Crippen LogP contribution in [0.2, 0.25) is 0 Å². The Morgan fingerprint density at radius 2 is 1.85 bits per heavy atom. The van der Waals surface area contributed by atoms with Crippen LogP contribution in [0.3, 0.4) is 0 Å². The monoisotopic (exact) mass is 464 g/mol. The minimum absolute atomic E-state index is 0.0218. The Labute approximate surface area is 199 Å². The van der Waals surface area contributed by atoms with Gasteiger partial charge in [0.05, 0.1) is 6.04 Å². The Balaban J connectivity index is 1.50. The van der Waals surface area contributed by atoms with E-state index in [1.165, 1.54) is 11.6 Å². The number of likely N-dealkylation sites (tertiary alicyclic amines) is 2. The van der Waals surface area contributed by atoms with E-state index in [2.05, 4.69) is 51.2 Å². The van der Waals surface area contributed by atoms with Gasteiger partial charge in [-0.05, 0) is 69.1 Å². The molecule has 2 amide bonds. The number of nitrogens with two attached hydrogens (primary N) is 1. The lowest BCUT2D eigenvalue weighted by atomic mass is 9.89. The number of piperidine rings is 1. The fourth-order valence-electron chi connectivity index (χ4n) is 4.59. The number of hydrogen-bond donors (Lipinski definition) is 2. The predicted molar refractivity (Wildman–Crippen MR) is 131 cm³/mol. The maximum absolute atomic E-state index is 12.0. The molecule has 0 saturated carbocycles. The average molecular weight is 465 g/mol. The molecule has 0 spiro atoms. The van der Waals surface area contributed by atoms with Crippen molar-refractivity contribution in [3.8, 4) is 0 Å². The summed E-state index contributed by atoms with van der Waals surface area (Å²) in [6.45, 7) is 6.95. The quantitative estimate of drug-likeness (QED) is 0.595. The van der Waals surface area contributed by atoms with E-state index in [1.54, 1.807) is 4.90 Å². The molecular formula is C24H32N8O2. The second kappa shape index (κ2) is 10.2. The topological polar surface area (TPSA) is 121 Å². The van der Waals surface area contributed by atoms with Crippen molar-refractivity contribution < 1.29 is 9.59 Å². The third-order valence-electron chi connectivity index (χ3n) is 6.79. The molecule has 0 bridgehead atoms. The molecule has 2 aromatic rings. The van der Waals surface area contributed by atoms with Gasteiger partial charge in [-0.1, -0.05) is 18.7 Å². The van der Waals surface area contributed by atoms with Gasteiger partial charge in [0.1, 0.15) is 0 Å². The molecule has 2 saturated heterocycles. The van der Waals surface area contributed by atoms with E-state index in [9.17, 15) is 9.59 Å². The Hall–Kier alpha value is -3.53. The first-order chi connectivity index (χ1) is 16.4. The highest BCUT2D eigenvalue weighted by Gasteiger charge is 2.30. The van der Waals surface area contributed by atoms with Crippen LogP contribution in [-0.4, -0.2) is 83.1 Å². The van der Waals surface area contributed by atoms with Gasteiger partial charge >= 0.3 is 0 Å². The predicted octanol–water partition coefficient (Wildman–Crippen LogP) is 1.75. The van der Waals surface area contributed by atoms with Gasteiger partial charge in [0, 0.05) is 25.8 Å². The Morgan fingerprint density at radius 1 is 1.15 bits per heavy atom. The van der Waals surface area contributed by atoms with Gasteiger partial charge < -0.3 is 25.8 Å². The van der Waals surface area contributed by atoms with E-state index in [0.29, 0.717) is 25.0 Å². The maximum Gasteiger partial charge on any atom is 0.273 e. The van der Waals surface area contributed by atoms with Crippen molar-refractivity contribution in [3.05, 3.63) is 48.2 Å². The standard InChI is InChI=1S/C24H32N8O2/c1-4-20(33)32-14-11-19(15-32)31(3)24-27-23(21(22(25)34)28-29-24)26-18-7-5-16(6-8-18)17-9-12-30(2)13-10-17/h4-8,17,19H,1,9-15H2,2-3H3,(H2,25,34)(H,26,27,29)/t19-/m1/s1. The number of amides is 2. The highest BCUT2D eigenvalue weighted by Crippen LogP contribution is 2.29. The molecule has 4 rings (SSSR count). The number of aromatic nitrogens is 3. The number of carbonyl (C=O) groups is 2. The molecule has 2 aliphatic rings. The van der Waals surface area contributed by atoms with Crippen molar-refractivity contribution in [2.24, 2.45) is 5.73 Å². The van der Waals surface area contributed by atoms with Crippen LogP contribution in [0.1, 0.15) is 41.2 Å². The Morgan fingerprint density at radius 3 is 2.50 bits per heavy atom. The molecule has 2 fully saturated rings. The summed E-state index contributed by atoms with van der Waals surface area (Å²) in [7, 11) is 4.01. The summed E-state index contributed by atoms with van der Waals surface area (Å²) in [5.41, 5.74) is 7.61. The zero-order chi connectivity index (χ0) is 24.2. The number of nitrogens with zero attached hydrogens (tertiary/aromatic N) is 6. The van der Waals surface area contributed by atoms with Crippen LogP contribution >= 0.6 is 0 Å². The first-order valence-corrected chi connectivity index (χ1v) is 11.6. The molecule has 1 aromatic heterocycles. The van der Waals surface area contributed by atoms with Crippen LogP contribution in [0.25, 0.3) is 0 Å². The van der Waals surface area contributed by atoms with Crippen molar-refractivity contribution in [2.45, 2.75) is 31.2 Å². The summed E-state index contributed by atoms with van der Waals surface area (Å²) in [5, 5.41) is 11.3. The van der Waals surface area contributed by atoms with Gasteiger partial charge in [0.2, 0.25) is 11.9 Å². The minimum Gasteiger partial charge on any atom is -0.364 e. The summed E-state index contributed by atoms with van der Waals surface area (Å²) in [6, 6.07) is 8.24. The van der Waals surface area contributed by atoms with Crippen LogP contribution in [-0.2, 0) is 4.79 Å². The first-order valence-electron chi connectivity index (χ1n) is 11.6. The minimum atomic E-state index is -0.705. The Kier molecular flexibility index (Phi) is 7.06. The summed E-state index contributed by atoms with van der Waals surface area (Å²) >= 11 is 0. The van der Waals surface area contributed by atoms with Gasteiger partial charge in [-0.25, -0.2) is 0 Å².